The second kappa shape index (κ2) is 5.53. The van der Waals surface area contributed by atoms with Crippen molar-refractivity contribution >= 4 is 50.6 Å². The third kappa shape index (κ3) is 2.72. The Morgan fingerprint density at radius 2 is 2.06 bits per heavy atom. The minimum absolute atomic E-state index is 0.285. The molecule has 2 aromatic rings. The van der Waals surface area contributed by atoms with Crippen LogP contribution < -0.4 is 5.32 Å². The van der Waals surface area contributed by atoms with Gasteiger partial charge < -0.3 is 5.32 Å². The van der Waals surface area contributed by atoms with Gasteiger partial charge in [0.1, 0.15) is 23.4 Å². The van der Waals surface area contributed by atoms with Crippen LogP contribution >= 0.6 is 39.1 Å². The third-order valence-electron chi connectivity index (χ3n) is 2.10. The molecule has 0 aliphatic carbocycles. The minimum atomic E-state index is 0.285. The van der Waals surface area contributed by atoms with E-state index < -0.39 is 0 Å². The van der Waals surface area contributed by atoms with E-state index >= 15 is 0 Å². The number of benzene rings is 1. The predicted molar refractivity (Wildman–Crippen MR) is 74.2 cm³/mol. The monoisotopic (exact) mass is 342 g/mol. The molecule has 0 saturated heterocycles. The number of rotatable bonds is 2. The van der Waals surface area contributed by atoms with E-state index in [1.54, 1.807) is 18.2 Å². The molecule has 0 spiro atoms. The van der Waals surface area contributed by atoms with Crippen LogP contribution in [0.4, 0.5) is 11.5 Å². The number of nitrogens with one attached hydrogen (secondary N) is 1. The van der Waals surface area contributed by atoms with Crippen LogP contribution in [0.1, 0.15) is 5.56 Å². The second-order valence-electron chi connectivity index (χ2n) is 3.25. The van der Waals surface area contributed by atoms with Crippen molar-refractivity contribution < 1.29 is 0 Å². The topological polar surface area (TPSA) is 61.6 Å². The molecule has 1 aromatic heterocycles. The molecule has 0 aliphatic heterocycles. The fourth-order valence-electron chi connectivity index (χ4n) is 1.28. The van der Waals surface area contributed by atoms with Gasteiger partial charge in [0.2, 0.25) is 0 Å². The van der Waals surface area contributed by atoms with Crippen LogP contribution in [0, 0.1) is 11.3 Å². The van der Waals surface area contributed by atoms with Gasteiger partial charge in [0, 0.05) is 5.02 Å². The smallest absolute Gasteiger partial charge is 0.149 e. The summed E-state index contributed by atoms with van der Waals surface area (Å²) in [5, 5.41) is 12.8. The predicted octanol–water partition coefficient (Wildman–Crippen LogP) is 4.16. The van der Waals surface area contributed by atoms with Gasteiger partial charge in [-0.05, 0) is 34.1 Å². The number of hydrogen-bond acceptors (Lipinski definition) is 4. The molecule has 0 amide bonds. The van der Waals surface area contributed by atoms with E-state index in [1.165, 1.54) is 6.33 Å². The number of aromatic nitrogens is 2. The molecule has 0 atom stereocenters. The molecular weight excluding hydrogens is 339 g/mol. The van der Waals surface area contributed by atoms with E-state index in [0.717, 1.165) is 0 Å². The molecular formula is C11H5BrCl2N4. The molecule has 18 heavy (non-hydrogen) atoms. The summed E-state index contributed by atoms with van der Waals surface area (Å²) in [5.41, 5.74) is 1.02. The van der Waals surface area contributed by atoms with Crippen molar-refractivity contribution in [3.8, 4) is 6.07 Å². The highest BCUT2D eigenvalue weighted by atomic mass is 79.9. The first-order valence-electron chi connectivity index (χ1n) is 4.74. The van der Waals surface area contributed by atoms with Crippen molar-refractivity contribution in [2.24, 2.45) is 0 Å². The summed E-state index contributed by atoms with van der Waals surface area (Å²) in [6.45, 7) is 0. The molecule has 90 valence electrons. The van der Waals surface area contributed by atoms with Gasteiger partial charge in [0.25, 0.3) is 0 Å². The lowest BCUT2D eigenvalue weighted by atomic mass is 10.2. The maximum absolute atomic E-state index is 9.01. The molecule has 0 unspecified atom stereocenters. The van der Waals surface area contributed by atoms with E-state index in [4.69, 9.17) is 28.5 Å². The zero-order valence-electron chi connectivity index (χ0n) is 8.78. The Labute approximate surface area is 122 Å². The van der Waals surface area contributed by atoms with Crippen molar-refractivity contribution in [1.29, 1.82) is 5.26 Å². The lowest BCUT2D eigenvalue weighted by molar-refractivity contribution is 1.15. The Morgan fingerprint density at radius 1 is 1.28 bits per heavy atom. The number of nitriles is 1. The molecule has 0 bridgehead atoms. The number of hydrogen-bond donors (Lipinski definition) is 1. The van der Waals surface area contributed by atoms with Crippen molar-refractivity contribution in [2.75, 3.05) is 5.32 Å². The first-order chi connectivity index (χ1) is 8.61. The van der Waals surface area contributed by atoms with Gasteiger partial charge >= 0.3 is 0 Å². The number of nitrogens with zero attached hydrogens (tertiary/aromatic N) is 3. The summed E-state index contributed by atoms with van der Waals surface area (Å²) >= 11 is 15.0. The van der Waals surface area contributed by atoms with E-state index in [-0.39, 0.29) is 5.15 Å². The van der Waals surface area contributed by atoms with Crippen molar-refractivity contribution in [2.45, 2.75) is 0 Å². The summed E-state index contributed by atoms with van der Waals surface area (Å²) in [6.07, 6.45) is 1.33. The molecule has 7 heteroatoms. The van der Waals surface area contributed by atoms with Crippen molar-refractivity contribution in [3.63, 3.8) is 0 Å². The Bertz CT molecular complexity index is 639. The molecule has 0 saturated carbocycles. The Balaban J connectivity index is 2.43. The summed E-state index contributed by atoms with van der Waals surface area (Å²) in [7, 11) is 0. The fourth-order valence-corrected chi connectivity index (χ4v) is 1.89. The molecule has 1 aromatic carbocycles. The largest absolute Gasteiger partial charge is 0.338 e. The van der Waals surface area contributed by atoms with Crippen molar-refractivity contribution in [1.82, 2.24) is 9.97 Å². The highest BCUT2D eigenvalue weighted by molar-refractivity contribution is 9.10. The molecule has 1 heterocycles. The van der Waals surface area contributed by atoms with Crippen LogP contribution in [0.15, 0.2) is 29.0 Å². The maximum atomic E-state index is 9.01. The molecule has 0 radical (unpaired) electrons. The molecule has 4 nitrogen and oxygen atoms in total. The van der Waals surface area contributed by atoms with E-state index in [9.17, 15) is 0 Å². The van der Waals surface area contributed by atoms with Crippen LogP contribution in [0.2, 0.25) is 10.2 Å². The minimum Gasteiger partial charge on any atom is -0.338 e. The van der Waals surface area contributed by atoms with Gasteiger partial charge in [0.05, 0.1) is 15.7 Å². The van der Waals surface area contributed by atoms with E-state index in [0.29, 0.717) is 26.6 Å². The lowest BCUT2D eigenvalue weighted by Gasteiger charge is -2.09. The standard InChI is InChI=1S/C11H5BrCl2N4/c12-9-10(14)16-5-17-11(9)18-8-3-7(13)2-1-6(8)4-15/h1-3,5H,(H,16,17,18). The normalized spacial score (nSPS) is 9.89. The average Bonchev–Trinajstić information content (AvgIpc) is 2.35. The number of anilines is 2. The SMILES string of the molecule is N#Cc1ccc(Cl)cc1Nc1ncnc(Cl)c1Br. The lowest BCUT2D eigenvalue weighted by Crippen LogP contribution is -1.98. The molecule has 0 fully saturated rings. The van der Waals surface area contributed by atoms with Crippen LogP contribution in [-0.2, 0) is 0 Å². The third-order valence-corrected chi connectivity index (χ3v) is 3.60. The van der Waals surface area contributed by atoms with Crippen LogP contribution in [0.5, 0.6) is 0 Å². The van der Waals surface area contributed by atoms with Gasteiger partial charge in [-0.25, -0.2) is 9.97 Å². The summed E-state index contributed by atoms with van der Waals surface area (Å²) in [6, 6.07) is 6.98. The Hall–Kier alpha value is -1.35. The van der Waals surface area contributed by atoms with Gasteiger partial charge in [0.15, 0.2) is 0 Å². The highest BCUT2D eigenvalue weighted by Crippen LogP contribution is 2.30. The molecule has 1 N–H and O–H groups in total. The fraction of sp³-hybridized carbons (Fsp3) is 0. The first kappa shape index (κ1) is 13.1. The summed E-state index contributed by atoms with van der Waals surface area (Å²) in [4.78, 5) is 7.85. The van der Waals surface area contributed by atoms with E-state index in [2.05, 4.69) is 37.3 Å². The van der Waals surface area contributed by atoms with Gasteiger partial charge in [-0.3, -0.25) is 0 Å². The average molecular weight is 344 g/mol. The van der Waals surface area contributed by atoms with Gasteiger partial charge in [-0.2, -0.15) is 5.26 Å². The number of halogens is 3. The second-order valence-corrected chi connectivity index (χ2v) is 4.84. The summed E-state index contributed by atoms with van der Waals surface area (Å²) in [5.74, 6) is 0.466. The van der Waals surface area contributed by atoms with Gasteiger partial charge in [-0.1, -0.05) is 23.2 Å². The zero-order chi connectivity index (χ0) is 13.1. The summed E-state index contributed by atoms with van der Waals surface area (Å²) < 4.78 is 0.524. The van der Waals surface area contributed by atoms with Crippen molar-refractivity contribution in [3.05, 3.63) is 44.7 Å². The van der Waals surface area contributed by atoms with Gasteiger partial charge in [-0.15, -0.1) is 0 Å². The Kier molecular flexibility index (Phi) is 4.02. The first-order valence-corrected chi connectivity index (χ1v) is 6.29. The Morgan fingerprint density at radius 3 is 2.78 bits per heavy atom. The van der Waals surface area contributed by atoms with Crippen LogP contribution in [-0.4, -0.2) is 9.97 Å². The van der Waals surface area contributed by atoms with Crippen LogP contribution in [0.25, 0.3) is 0 Å². The molecule has 0 aliphatic rings. The molecule has 2 rings (SSSR count). The maximum Gasteiger partial charge on any atom is 0.149 e. The zero-order valence-corrected chi connectivity index (χ0v) is 11.9. The van der Waals surface area contributed by atoms with E-state index in [1.807, 2.05) is 0 Å². The van der Waals surface area contributed by atoms with Crippen LogP contribution in [0.3, 0.4) is 0 Å². The highest BCUT2D eigenvalue weighted by Gasteiger charge is 2.09. The quantitative estimate of drug-likeness (QED) is 0.831.